The van der Waals surface area contributed by atoms with Crippen molar-refractivity contribution in [1.82, 2.24) is 0 Å². The van der Waals surface area contributed by atoms with Crippen LogP contribution in [0.1, 0.15) is 71.1 Å². The van der Waals surface area contributed by atoms with Gasteiger partial charge in [0.05, 0.1) is 5.60 Å². The molecule has 0 atom stereocenters. The van der Waals surface area contributed by atoms with E-state index in [-0.39, 0.29) is 13.2 Å². The molecule has 0 fully saturated rings. The molecule has 0 aliphatic carbocycles. The van der Waals surface area contributed by atoms with E-state index in [0.29, 0.717) is 19.3 Å². The molecule has 0 spiro atoms. The molecular weight excluding hydrogens is 216 g/mol. The summed E-state index contributed by atoms with van der Waals surface area (Å²) in [5, 5.41) is 27.9. The van der Waals surface area contributed by atoms with Gasteiger partial charge >= 0.3 is 0 Å². The maximum atomic E-state index is 10.1. The number of hydrogen-bond acceptors (Lipinski definition) is 3. The molecule has 3 heteroatoms. The van der Waals surface area contributed by atoms with E-state index in [1.165, 1.54) is 32.1 Å². The summed E-state index contributed by atoms with van der Waals surface area (Å²) in [6.45, 7) is 2.20. The highest BCUT2D eigenvalue weighted by atomic mass is 16.3. The van der Waals surface area contributed by atoms with Gasteiger partial charge in [-0.05, 0) is 19.3 Å². The van der Waals surface area contributed by atoms with Gasteiger partial charge in [-0.2, -0.15) is 0 Å². The second-order valence-corrected chi connectivity index (χ2v) is 5.04. The zero-order valence-electron chi connectivity index (χ0n) is 11.3. The van der Waals surface area contributed by atoms with Gasteiger partial charge in [-0.15, -0.1) is 0 Å². The van der Waals surface area contributed by atoms with Crippen molar-refractivity contribution in [3.8, 4) is 0 Å². The first-order valence-electron chi connectivity index (χ1n) is 7.12. The molecular formula is C14H30O3. The predicted octanol–water partition coefficient (Wildman–Crippen LogP) is 2.62. The molecule has 0 heterocycles. The Bertz CT molecular complexity index is 154. The Kier molecular flexibility index (Phi) is 10.9. The van der Waals surface area contributed by atoms with Crippen LogP contribution in [0.2, 0.25) is 0 Å². The van der Waals surface area contributed by atoms with E-state index in [0.717, 1.165) is 12.8 Å². The first kappa shape index (κ1) is 16.9. The van der Waals surface area contributed by atoms with Crippen LogP contribution in [0.25, 0.3) is 0 Å². The predicted molar refractivity (Wildman–Crippen MR) is 71.0 cm³/mol. The van der Waals surface area contributed by atoms with E-state index in [4.69, 9.17) is 10.2 Å². The fourth-order valence-corrected chi connectivity index (χ4v) is 2.20. The van der Waals surface area contributed by atoms with E-state index >= 15 is 0 Å². The molecule has 0 aliphatic rings. The van der Waals surface area contributed by atoms with Crippen molar-refractivity contribution < 1.29 is 15.3 Å². The average molecular weight is 246 g/mol. The zero-order valence-corrected chi connectivity index (χ0v) is 11.3. The molecule has 104 valence electrons. The Morgan fingerprint density at radius 3 is 1.65 bits per heavy atom. The molecule has 17 heavy (non-hydrogen) atoms. The monoisotopic (exact) mass is 246 g/mol. The third kappa shape index (κ3) is 9.57. The molecule has 0 radical (unpaired) electrons. The van der Waals surface area contributed by atoms with E-state index in [1.54, 1.807) is 0 Å². The Morgan fingerprint density at radius 1 is 0.706 bits per heavy atom. The van der Waals surface area contributed by atoms with Crippen LogP contribution in [0.4, 0.5) is 0 Å². The normalized spacial score (nSPS) is 12.0. The van der Waals surface area contributed by atoms with Crippen LogP contribution in [-0.2, 0) is 0 Å². The van der Waals surface area contributed by atoms with Crippen LogP contribution >= 0.6 is 0 Å². The summed E-state index contributed by atoms with van der Waals surface area (Å²) in [5.74, 6) is 0. The average Bonchev–Trinajstić information content (AvgIpc) is 2.28. The summed E-state index contributed by atoms with van der Waals surface area (Å²) >= 11 is 0. The van der Waals surface area contributed by atoms with Crippen LogP contribution in [0.5, 0.6) is 0 Å². The lowest BCUT2D eigenvalue weighted by Crippen LogP contribution is -2.31. The zero-order chi connectivity index (χ0) is 13.0. The van der Waals surface area contributed by atoms with Crippen LogP contribution in [0.3, 0.4) is 0 Å². The van der Waals surface area contributed by atoms with E-state index < -0.39 is 5.60 Å². The minimum absolute atomic E-state index is 0.00694. The van der Waals surface area contributed by atoms with Gasteiger partial charge in [0, 0.05) is 13.2 Å². The first-order chi connectivity index (χ1) is 8.18. The fourth-order valence-electron chi connectivity index (χ4n) is 2.20. The molecule has 0 aromatic rings. The molecule has 0 saturated heterocycles. The first-order valence-corrected chi connectivity index (χ1v) is 7.12. The van der Waals surface area contributed by atoms with Crippen LogP contribution in [0, 0.1) is 0 Å². The molecule has 0 aromatic carbocycles. The second kappa shape index (κ2) is 11.0. The topological polar surface area (TPSA) is 60.7 Å². The summed E-state index contributed by atoms with van der Waals surface area (Å²) in [4.78, 5) is 0. The molecule has 3 nitrogen and oxygen atoms in total. The highest BCUT2D eigenvalue weighted by molar-refractivity contribution is 4.77. The molecule has 0 bridgehead atoms. The Hall–Kier alpha value is -0.120. The van der Waals surface area contributed by atoms with Crippen molar-refractivity contribution in [2.75, 3.05) is 13.2 Å². The quantitative estimate of drug-likeness (QED) is 0.464. The summed E-state index contributed by atoms with van der Waals surface area (Å²) in [5.41, 5.74) is -0.854. The summed E-state index contributed by atoms with van der Waals surface area (Å²) < 4.78 is 0. The van der Waals surface area contributed by atoms with E-state index in [1.807, 2.05) is 0 Å². The van der Waals surface area contributed by atoms with Crippen LogP contribution < -0.4 is 0 Å². The van der Waals surface area contributed by atoms with Gasteiger partial charge in [0.15, 0.2) is 0 Å². The van der Waals surface area contributed by atoms with Gasteiger partial charge in [0.25, 0.3) is 0 Å². The molecule has 0 unspecified atom stereocenters. The SMILES string of the molecule is CCCCCCCCCC(O)(CCO)CCO. The third-order valence-electron chi connectivity index (χ3n) is 3.40. The molecule has 0 aliphatic heterocycles. The Morgan fingerprint density at radius 2 is 1.18 bits per heavy atom. The van der Waals surface area contributed by atoms with Crippen molar-refractivity contribution in [2.45, 2.75) is 76.7 Å². The van der Waals surface area contributed by atoms with Crippen molar-refractivity contribution in [3.05, 3.63) is 0 Å². The lowest BCUT2D eigenvalue weighted by molar-refractivity contribution is -0.0140. The van der Waals surface area contributed by atoms with Crippen LogP contribution in [0.15, 0.2) is 0 Å². The van der Waals surface area contributed by atoms with Gasteiger partial charge in [-0.25, -0.2) is 0 Å². The summed E-state index contributed by atoms with van der Waals surface area (Å²) in [6, 6.07) is 0. The van der Waals surface area contributed by atoms with Crippen molar-refractivity contribution in [2.24, 2.45) is 0 Å². The number of aliphatic hydroxyl groups excluding tert-OH is 2. The van der Waals surface area contributed by atoms with Crippen molar-refractivity contribution in [3.63, 3.8) is 0 Å². The highest BCUT2D eigenvalue weighted by Crippen LogP contribution is 2.23. The standard InChI is InChI=1S/C14H30O3/c1-2-3-4-5-6-7-8-9-14(17,10-12-15)11-13-16/h15-17H,2-13H2,1H3. The number of aliphatic hydroxyl groups is 3. The Balaban J connectivity index is 3.54. The van der Waals surface area contributed by atoms with Gasteiger partial charge in [0.1, 0.15) is 0 Å². The smallest absolute Gasteiger partial charge is 0.0691 e. The van der Waals surface area contributed by atoms with Crippen molar-refractivity contribution >= 4 is 0 Å². The number of hydrogen-bond donors (Lipinski definition) is 3. The third-order valence-corrected chi connectivity index (χ3v) is 3.40. The van der Waals surface area contributed by atoms with Gasteiger partial charge < -0.3 is 15.3 Å². The largest absolute Gasteiger partial charge is 0.396 e. The van der Waals surface area contributed by atoms with Gasteiger partial charge in [-0.1, -0.05) is 51.9 Å². The Labute approximate surface area is 106 Å². The van der Waals surface area contributed by atoms with E-state index in [9.17, 15) is 5.11 Å². The fraction of sp³-hybridized carbons (Fsp3) is 1.00. The van der Waals surface area contributed by atoms with Crippen molar-refractivity contribution in [1.29, 1.82) is 0 Å². The maximum absolute atomic E-state index is 10.1. The van der Waals surface area contributed by atoms with Gasteiger partial charge in [-0.3, -0.25) is 0 Å². The molecule has 0 saturated carbocycles. The lowest BCUT2D eigenvalue weighted by atomic mass is 9.89. The molecule has 0 rings (SSSR count). The van der Waals surface area contributed by atoms with Gasteiger partial charge in [0.2, 0.25) is 0 Å². The molecule has 3 N–H and O–H groups in total. The number of unbranched alkanes of at least 4 members (excludes halogenated alkanes) is 6. The second-order valence-electron chi connectivity index (χ2n) is 5.04. The molecule has 0 aromatic heterocycles. The lowest BCUT2D eigenvalue weighted by Gasteiger charge is -2.26. The minimum Gasteiger partial charge on any atom is -0.396 e. The van der Waals surface area contributed by atoms with E-state index in [2.05, 4.69) is 6.92 Å². The summed E-state index contributed by atoms with van der Waals surface area (Å²) in [7, 11) is 0. The van der Waals surface area contributed by atoms with Crippen LogP contribution in [-0.4, -0.2) is 34.1 Å². The highest BCUT2D eigenvalue weighted by Gasteiger charge is 2.24. The number of rotatable bonds is 12. The maximum Gasteiger partial charge on any atom is 0.0691 e. The summed E-state index contributed by atoms with van der Waals surface area (Å²) in [6.07, 6.45) is 10.0. The molecule has 0 amide bonds. The minimum atomic E-state index is -0.854.